The Kier molecular flexibility index (Phi) is 5.28. The molecule has 25 heavy (non-hydrogen) atoms. The van der Waals surface area contributed by atoms with Crippen LogP contribution in [0.25, 0.3) is 12.2 Å². The third-order valence-corrected chi connectivity index (χ3v) is 4.10. The number of aromatic nitrogens is 1. The van der Waals surface area contributed by atoms with Crippen molar-refractivity contribution < 1.29 is 25.9 Å². The second-order valence-electron chi connectivity index (χ2n) is 4.95. The lowest BCUT2D eigenvalue weighted by molar-refractivity contribution is -0.0549. The third kappa shape index (κ3) is 4.64. The summed E-state index contributed by atoms with van der Waals surface area (Å²) in [6, 6.07) is 8.70. The van der Waals surface area contributed by atoms with Crippen molar-refractivity contribution in [1.29, 1.82) is 0 Å². The van der Waals surface area contributed by atoms with Gasteiger partial charge in [0, 0.05) is 11.1 Å². The number of rotatable bonds is 4. The topological polar surface area (TPSA) is 65.4 Å². The number of hydrogen-bond acceptors (Lipinski definition) is 4. The first-order chi connectivity index (χ1) is 11.5. The highest BCUT2D eigenvalue weighted by atomic mass is 35.5. The number of aryl methyl sites for hydroxylation is 1. The van der Waals surface area contributed by atoms with Crippen LogP contribution in [0.1, 0.15) is 16.8 Å². The maximum atomic E-state index is 12.5. The molecule has 2 aromatic rings. The lowest BCUT2D eigenvalue weighted by atomic mass is 10.2. The second kappa shape index (κ2) is 6.93. The molecule has 0 amide bonds. The molecule has 2 rings (SSSR count). The molecule has 1 heterocycles. The van der Waals surface area contributed by atoms with Crippen LogP contribution < -0.4 is 9.84 Å². The second-order valence-corrected chi connectivity index (χ2v) is 6.91. The summed E-state index contributed by atoms with van der Waals surface area (Å²) in [4.78, 5) is 11.9. The molecule has 0 aliphatic carbocycles. The summed E-state index contributed by atoms with van der Waals surface area (Å²) in [5, 5.41) is 0.490. The number of hydrogen-bond donors (Lipinski definition) is 0. The summed E-state index contributed by atoms with van der Waals surface area (Å²) < 4.78 is 63.9. The Labute approximate surface area is 146 Å². The van der Waals surface area contributed by atoms with E-state index in [1.807, 2.05) is 0 Å². The molecule has 0 N–H and O–H groups in total. The van der Waals surface area contributed by atoms with Crippen LogP contribution in [0.3, 0.4) is 0 Å². The first kappa shape index (κ1) is 19.1. The Bertz CT molecular complexity index is 964. The van der Waals surface area contributed by atoms with E-state index in [2.05, 4.69) is 4.28 Å². The van der Waals surface area contributed by atoms with Crippen molar-refractivity contribution in [1.82, 2.24) is 4.73 Å². The normalized spacial score (nSPS) is 12.5. The number of pyridine rings is 1. The van der Waals surface area contributed by atoms with Gasteiger partial charge in [-0.25, -0.2) is 0 Å². The largest absolute Gasteiger partial charge is 0.536 e. The average Bonchev–Trinajstić information content (AvgIpc) is 2.48. The van der Waals surface area contributed by atoms with Crippen LogP contribution in [0.4, 0.5) is 13.2 Å². The molecule has 0 unspecified atom stereocenters. The van der Waals surface area contributed by atoms with Crippen LogP contribution in [0.5, 0.6) is 0 Å². The molecule has 0 atom stereocenters. The average molecular weight is 394 g/mol. The first-order valence-electron chi connectivity index (χ1n) is 6.68. The van der Waals surface area contributed by atoms with Crippen molar-refractivity contribution in [2.45, 2.75) is 12.4 Å². The van der Waals surface area contributed by atoms with Gasteiger partial charge in [-0.3, -0.25) is 9.08 Å². The highest BCUT2D eigenvalue weighted by molar-refractivity contribution is 7.87. The van der Waals surface area contributed by atoms with E-state index in [1.54, 1.807) is 24.3 Å². The summed E-state index contributed by atoms with van der Waals surface area (Å²) in [6.45, 7) is 1.53. The Morgan fingerprint density at radius 3 is 2.28 bits per heavy atom. The van der Waals surface area contributed by atoms with Gasteiger partial charge in [0.2, 0.25) is 0 Å². The van der Waals surface area contributed by atoms with E-state index >= 15 is 0 Å². The van der Waals surface area contributed by atoms with E-state index in [9.17, 15) is 26.4 Å². The number of benzene rings is 1. The Morgan fingerprint density at radius 1 is 1.12 bits per heavy atom. The van der Waals surface area contributed by atoms with Crippen LogP contribution in [0, 0.1) is 6.92 Å². The van der Waals surface area contributed by atoms with Crippen molar-refractivity contribution in [3.63, 3.8) is 0 Å². The van der Waals surface area contributed by atoms with Crippen molar-refractivity contribution in [2.75, 3.05) is 0 Å². The van der Waals surface area contributed by atoms with E-state index < -0.39 is 21.2 Å². The van der Waals surface area contributed by atoms with E-state index in [-0.39, 0.29) is 10.4 Å². The summed E-state index contributed by atoms with van der Waals surface area (Å²) in [5.74, 6) is 0. The minimum Gasteiger partial charge on any atom is -0.277 e. The van der Waals surface area contributed by atoms with E-state index in [4.69, 9.17) is 11.6 Å². The predicted octanol–water partition coefficient (Wildman–Crippen LogP) is 3.26. The molecule has 1 aromatic heterocycles. The molecule has 0 spiro atoms. The lowest BCUT2D eigenvalue weighted by Gasteiger charge is -2.13. The van der Waals surface area contributed by atoms with Gasteiger partial charge in [0.15, 0.2) is 0 Å². The van der Waals surface area contributed by atoms with Crippen LogP contribution in [0.15, 0.2) is 41.2 Å². The molecule has 0 bridgehead atoms. The van der Waals surface area contributed by atoms with Gasteiger partial charge in [0.1, 0.15) is 0 Å². The fraction of sp³-hybridized carbons (Fsp3) is 0.133. The fourth-order valence-electron chi connectivity index (χ4n) is 1.81. The molecule has 1 aromatic carbocycles. The molecule has 134 valence electrons. The summed E-state index contributed by atoms with van der Waals surface area (Å²) in [5.41, 5.74) is -5.83. The van der Waals surface area contributed by atoms with Gasteiger partial charge in [-0.1, -0.05) is 29.8 Å². The highest BCUT2D eigenvalue weighted by Crippen LogP contribution is 2.23. The molecular formula is C15H11ClF3NO4S. The lowest BCUT2D eigenvalue weighted by Crippen LogP contribution is -2.38. The molecule has 0 radical (unpaired) electrons. The number of nitrogens with zero attached hydrogens (tertiary/aromatic N) is 1. The molecule has 0 aliphatic heterocycles. The van der Waals surface area contributed by atoms with Gasteiger partial charge in [-0.05, 0) is 42.3 Å². The van der Waals surface area contributed by atoms with Gasteiger partial charge in [-0.15, -0.1) is 4.73 Å². The number of alkyl halides is 3. The van der Waals surface area contributed by atoms with Gasteiger partial charge in [-0.2, -0.15) is 21.6 Å². The molecular weight excluding hydrogens is 383 g/mol. The highest BCUT2D eigenvalue weighted by Gasteiger charge is 2.49. The molecule has 0 fully saturated rings. The quantitative estimate of drug-likeness (QED) is 0.748. The van der Waals surface area contributed by atoms with Gasteiger partial charge in [0.05, 0.1) is 5.69 Å². The first-order valence-corrected chi connectivity index (χ1v) is 8.47. The fourth-order valence-corrected chi connectivity index (χ4v) is 2.37. The molecule has 10 heteroatoms. The van der Waals surface area contributed by atoms with E-state index in [1.165, 1.54) is 25.1 Å². The summed E-state index contributed by atoms with van der Waals surface area (Å²) in [7, 11) is -5.99. The monoisotopic (exact) mass is 393 g/mol. The standard InChI is InChI=1S/C15H11ClF3NO4S/c1-10-8-13(7-4-11-2-5-12(16)6-3-11)20(14(21)9-10)24-25(22,23)15(17,18)19/h2-9H,1H3. The zero-order valence-electron chi connectivity index (χ0n) is 12.6. The molecule has 5 nitrogen and oxygen atoms in total. The zero-order valence-corrected chi connectivity index (χ0v) is 14.2. The SMILES string of the molecule is Cc1cc(C=Cc2ccc(Cl)cc2)n(OS(=O)(=O)C(F)(F)F)c(=O)c1. The summed E-state index contributed by atoms with van der Waals surface area (Å²) in [6.07, 6.45) is 2.72. The maximum Gasteiger partial charge on any atom is 0.536 e. The van der Waals surface area contributed by atoms with Crippen LogP contribution in [-0.4, -0.2) is 18.7 Å². The zero-order chi connectivity index (χ0) is 18.8. The number of halogens is 4. The van der Waals surface area contributed by atoms with Crippen molar-refractivity contribution >= 4 is 33.9 Å². The Hall–Kier alpha value is -2.26. The van der Waals surface area contributed by atoms with Crippen molar-refractivity contribution in [2.24, 2.45) is 0 Å². The van der Waals surface area contributed by atoms with Crippen LogP contribution in [-0.2, 0) is 10.1 Å². The van der Waals surface area contributed by atoms with Crippen LogP contribution >= 0.6 is 11.6 Å². The minimum absolute atomic E-state index is 0.0717. The Morgan fingerprint density at radius 2 is 1.72 bits per heavy atom. The van der Waals surface area contributed by atoms with E-state index in [0.717, 1.165) is 6.07 Å². The van der Waals surface area contributed by atoms with Crippen molar-refractivity contribution in [3.05, 3.63) is 68.6 Å². The maximum absolute atomic E-state index is 12.5. The van der Waals surface area contributed by atoms with E-state index in [0.29, 0.717) is 16.1 Å². The Balaban J connectivity index is 2.48. The summed E-state index contributed by atoms with van der Waals surface area (Å²) >= 11 is 5.75. The van der Waals surface area contributed by atoms with Gasteiger partial charge < -0.3 is 0 Å². The molecule has 0 saturated heterocycles. The van der Waals surface area contributed by atoms with Crippen molar-refractivity contribution in [3.8, 4) is 0 Å². The van der Waals surface area contributed by atoms with Crippen LogP contribution in [0.2, 0.25) is 5.02 Å². The van der Waals surface area contributed by atoms with Gasteiger partial charge in [0.25, 0.3) is 5.56 Å². The predicted molar refractivity (Wildman–Crippen MR) is 87.4 cm³/mol. The third-order valence-electron chi connectivity index (χ3n) is 2.93. The smallest absolute Gasteiger partial charge is 0.277 e. The molecule has 0 saturated carbocycles. The molecule has 0 aliphatic rings. The van der Waals surface area contributed by atoms with Gasteiger partial charge >= 0.3 is 15.6 Å². The minimum atomic E-state index is -5.99.